The molecule has 0 radical (unpaired) electrons. The Morgan fingerprint density at radius 2 is 2.09 bits per heavy atom. The number of hydrogen-bond acceptors (Lipinski definition) is 7. The van der Waals surface area contributed by atoms with Crippen molar-refractivity contribution >= 4 is 51.2 Å². The van der Waals surface area contributed by atoms with Crippen molar-refractivity contribution in [3.8, 4) is 0 Å². The standard InChI is InChI=1S/C21H25N5O4S2/c1-3-10-25-17(28)14-11-13(4-2)32-16(14)22-20(25)31-12-15(27)24-26-18(29)21(23-19(26)30)8-6-5-7-9-21/h3,11H,1,4-10,12H2,2H3,(H,23,30)(H,24,27). The third-order valence-corrected chi connectivity index (χ3v) is 7.91. The second-order valence-corrected chi connectivity index (χ2v) is 9.98. The Morgan fingerprint density at radius 3 is 2.78 bits per heavy atom. The lowest BCUT2D eigenvalue weighted by Crippen LogP contribution is -2.51. The number of imide groups is 1. The Labute approximate surface area is 193 Å². The topological polar surface area (TPSA) is 113 Å². The van der Waals surface area contributed by atoms with Crippen molar-refractivity contribution in [2.45, 2.75) is 62.7 Å². The van der Waals surface area contributed by atoms with Crippen LogP contribution in [-0.4, -0.2) is 43.7 Å². The van der Waals surface area contributed by atoms with Gasteiger partial charge in [0.15, 0.2) is 5.16 Å². The van der Waals surface area contributed by atoms with Crippen LogP contribution in [0.4, 0.5) is 4.79 Å². The number of amides is 4. The van der Waals surface area contributed by atoms with Crippen LogP contribution in [0.25, 0.3) is 10.2 Å². The fourth-order valence-electron chi connectivity index (χ4n) is 4.12. The highest BCUT2D eigenvalue weighted by Gasteiger charge is 2.52. The minimum Gasteiger partial charge on any atom is -0.322 e. The van der Waals surface area contributed by atoms with Gasteiger partial charge in [-0.1, -0.05) is 44.0 Å². The van der Waals surface area contributed by atoms with Crippen LogP contribution in [0.5, 0.6) is 0 Å². The highest BCUT2D eigenvalue weighted by atomic mass is 32.2. The molecule has 0 unspecified atom stereocenters. The summed E-state index contributed by atoms with van der Waals surface area (Å²) in [7, 11) is 0. The van der Waals surface area contributed by atoms with Gasteiger partial charge in [-0.3, -0.25) is 24.4 Å². The highest BCUT2D eigenvalue weighted by molar-refractivity contribution is 7.99. The Morgan fingerprint density at radius 1 is 1.34 bits per heavy atom. The normalized spacial score (nSPS) is 17.7. The number of allylic oxidation sites excluding steroid dienone is 1. The van der Waals surface area contributed by atoms with Crippen LogP contribution in [0.3, 0.4) is 0 Å². The predicted octanol–water partition coefficient (Wildman–Crippen LogP) is 2.58. The smallest absolute Gasteiger partial charge is 0.322 e. The van der Waals surface area contributed by atoms with Crippen LogP contribution in [0.1, 0.15) is 43.9 Å². The van der Waals surface area contributed by atoms with Crippen LogP contribution < -0.4 is 16.3 Å². The van der Waals surface area contributed by atoms with Gasteiger partial charge in [0.25, 0.3) is 11.5 Å². The number of urea groups is 1. The van der Waals surface area contributed by atoms with Crippen LogP contribution in [0.15, 0.2) is 28.7 Å². The van der Waals surface area contributed by atoms with Crippen molar-refractivity contribution in [3.63, 3.8) is 0 Å². The van der Waals surface area contributed by atoms with Crippen LogP contribution >= 0.6 is 23.1 Å². The number of nitrogens with one attached hydrogen (secondary N) is 2. The van der Waals surface area contributed by atoms with E-state index >= 15 is 0 Å². The molecule has 11 heteroatoms. The molecule has 1 saturated heterocycles. The molecule has 2 N–H and O–H groups in total. The van der Waals surface area contributed by atoms with Crippen molar-refractivity contribution in [2.24, 2.45) is 0 Å². The Kier molecular flexibility index (Phi) is 6.38. The van der Waals surface area contributed by atoms with E-state index in [1.165, 1.54) is 15.9 Å². The first-order valence-corrected chi connectivity index (χ1v) is 12.4. The van der Waals surface area contributed by atoms with Gasteiger partial charge in [-0.15, -0.1) is 17.9 Å². The van der Waals surface area contributed by atoms with E-state index in [2.05, 4.69) is 22.3 Å². The van der Waals surface area contributed by atoms with E-state index in [-0.39, 0.29) is 17.9 Å². The first-order chi connectivity index (χ1) is 15.4. The maximum absolute atomic E-state index is 12.9. The van der Waals surface area contributed by atoms with Gasteiger partial charge < -0.3 is 5.32 Å². The average Bonchev–Trinajstić information content (AvgIpc) is 3.30. The molecule has 4 rings (SSSR count). The SMILES string of the molecule is C=CCn1c(SCC(=O)NN2C(=O)NC3(CCCCC3)C2=O)nc2sc(CC)cc2c1=O. The molecule has 2 fully saturated rings. The Bertz CT molecular complexity index is 1150. The molecule has 1 saturated carbocycles. The molecule has 4 amide bonds. The Balaban J connectivity index is 1.48. The van der Waals surface area contributed by atoms with Crippen LogP contribution in [0, 0.1) is 0 Å². The zero-order valence-corrected chi connectivity index (χ0v) is 19.4. The van der Waals surface area contributed by atoms with E-state index in [0.29, 0.717) is 28.2 Å². The molecule has 3 heterocycles. The molecule has 2 aromatic heterocycles. The van der Waals surface area contributed by atoms with Crippen molar-refractivity contribution in [2.75, 3.05) is 5.75 Å². The third-order valence-electron chi connectivity index (χ3n) is 5.77. The number of aromatic nitrogens is 2. The number of carbonyl (C=O) groups excluding carboxylic acids is 3. The molecule has 0 bridgehead atoms. The number of hydrogen-bond donors (Lipinski definition) is 2. The number of fused-ring (bicyclic) bond motifs is 1. The van der Waals surface area contributed by atoms with E-state index in [4.69, 9.17) is 0 Å². The average molecular weight is 476 g/mol. The lowest BCUT2D eigenvalue weighted by atomic mass is 9.82. The fourth-order valence-corrected chi connectivity index (χ4v) is 5.93. The number of hydrazine groups is 1. The zero-order valence-electron chi connectivity index (χ0n) is 17.8. The van der Waals surface area contributed by atoms with Gasteiger partial charge in [-0.2, -0.15) is 5.01 Å². The molecule has 0 atom stereocenters. The fraction of sp³-hybridized carbons (Fsp3) is 0.476. The minimum atomic E-state index is -0.900. The van der Waals surface area contributed by atoms with E-state index in [0.717, 1.165) is 47.3 Å². The summed E-state index contributed by atoms with van der Waals surface area (Å²) in [6, 6.07) is 1.25. The van der Waals surface area contributed by atoms with E-state index in [1.807, 2.05) is 13.0 Å². The van der Waals surface area contributed by atoms with Gasteiger partial charge >= 0.3 is 6.03 Å². The second-order valence-electron chi connectivity index (χ2n) is 7.92. The zero-order chi connectivity index (χ0) is 22.9. The Hall–Kier alpha value is -2.66. The van der Waals surface area contributed by atoms with Gasteiger partial charge in [-0.05, 0) is 25.3 Å². The molecule has 2 aliphatic rings. The number of carbonyl (C=O) groups is 3. The molecule has 2 aromatic rings. The number of thioether (sulfide) groups is 1. The summed E-state index contributed by atoms with van der Waals surface area (Å²) in [5.74, 6) is -1.04. The number of nitrogens with zero attached hydrogens (tertiary/aromatic N) is 3. The quantitative estimate of drug-likeness (QED) is 0.275. The molecule has 9 nitrogen and oxygen atoms in total. The van der Waals surface area contributed by atoms with E-state index < -0.39 is 23.4 Å². The summed E-state index contributed by atoms with van der Waals surface area (Å²) in [5, 5.41) is 4.49. The van der Waals surface area contributed by atoms with E-state index in [9.17, 15) is 19.2 Å². The van der Waals surface area contributed by atoms with Crippen molar-refractivity contribution < 1.29 is 14.4 Å². The van der Waals surface area contributed by atoms with Crippen molar-refractivity contribution in [1.29, 1.82) is 0 Å². The summed E-state index contributed by atoms with van der Waals surface area (Å²) in [6.07, 6.45) is 6.32. The lowest BCUT2D eigenvalue weighted by molar-refractivity contribution is -0.139. The first-order valence-electron chi connectivity index (χ1n) is 10.6. The van der Waals surface area contributed by atoms with Crippen molar-refractivity contribution in [1.82, 2.24) is 25.3 Å². The van der Waals surface area contributed by atoms with Crippen LogP contribution in [-0.2, 0) is 22.6 Å². The van der Waals surface area contributed by atoms with Gasteiger partial charge in [0, 0.05) is 11.4 Å². The molecule has 0 aromatic carbocycles. The van der Waals surface area contributed by atoms with Gasteiger partial charge in [0.2, 0.25) is 5.91 Å². The lowest BCUT2D eigenvalue weighted by Gasteiger charge is -2.30. The molecular formula is C21H25N5O4S2. The first kappa shape index (κ1) is 22.5. The highest BCUT2D eigenvalue weighted by Crippen LogP contribution is 2.33. The summed E-state index contributed by atoms with van der Waals surface area (Å²) in [5.41, 5.74) is 1.34. The maximum Gasteiger partial charge on any atom is 0.344 e. The van der Waals surface area contributed by atoms with Gasteiger partial charge in [-0.25, -0.2) is 9.78 Å². The number of aryl methyl sites for hydroxylation is 1. The molecule has 32 heavy (non-hydrogen) atoms. The third kappa shape index (κ3) is 4.06. The predicted molar refractivity (Wildman–Crippen MR) is 124 cm³/mol. The molecule has 1 spiro atoms. The summed E-state index contributed by atoms with van der Waals surface area (Å²) in [6.45, 7) is 5.98. The van der Waals surface area contributed by atoms with Crippen molar-refractivity contribution in [3.05, 3.63) is 34.0 Å². The van der Waals surface area contributed by atoms with Gasteiger partial charge in [0.05, 0.1) is 11.1 Å². The minimum absolute atomic E-state index is 0.106. The summed E-state index contributed by atoms with van der Waals surface area (Å²) >= 11 is 2.54. The van der Waals surface area contributed by atoms with Crippen LogP contribution in [0.2, 0.25) is 0 Å². The second kappa shape index (κ2) is 9.07. The monoisotopic (exact) mass is 475 g/mol. The molecule has 170 valence electrons. The van der Waals surface area contributed by atoms with Gasteiger partial charge in [0.1, 0.15) is 10.4 Å². The maximum atomic E-state index is 12.9. The van der Waals surface area contributed by atoms with E-state index in [1.54, 1.807) is 6.08 Å². The summed E-state index contributed by atoms with van der Waals surface area (Å²) < 4.78 is 1.48. The molecular weight excluding hydrogens is 450 g/mol. The number of rotatable bonds is 7. The number of thiophene rings is 1. The molecule has 1 aliphatic carbocycles. The molecule has 1 aliphatic heterocycles. The largest absolute Gasteiger partial charge is 0.344 e. The summed E-state index contributed by atoms with van der Waals surface area (Å²) in [4.78, 5) is 56.9.